The molecule has 168 valence electrons. The minimum absolute atomic E-state index is 0.0600. The normalized spacial score (nSPS) is 44.0. The Bertz CT molecular complexity index is 847. The molecule has 0 bridgehead atoms. The Hall–Kier alpha value is -1.64. The highest BCUT2D eigenvalue weighted by atomic mass is 16.5. The summed E-state index contributed by atoms with van der Waals surface area (Å²) in [4.78, 5) is 24.9. The topological polar surface area (TPSA) is 43.4 Å². The van der Waals surface area contributed by atoms with Crippen molar-refractivity contribution in [3.63, 3.8) is 0 Å². The SMILES string of the molecule is CC(=O)[C@H]1CCC2C3CC[C@H]4C[C@H](OC(=O)c5ccccc5)CC[C@]4(C)C3CCC21C. The second kappa shape index (κ2) is 7.74. The first-order valence-corrected chi connectivity index (χ1v) is 12.6. The van der Waals surface area contributed by atoms with E-state index in [9.17, 15) is 9.59 Å². The number of hydrogen-bond donors (Lipinski definition) is 0. The van der Waals surface area contributed by atoms with Crippen LogP contribution in [0.5, 0.6) is 0 Å². The highest BCUT2D eigenvalue weighted by Gasteiger charge is 2.60. The molecule has 0 saturated heterocycles. The van der Waals surface area contributed by atoms with Crippen molar-refractivity contribution >= 4 is 11.8 Å². The van der Waals surface area contributed by atoms with Gasteiger partial charge in [-0.2, -0.15) is 0 Å². The number of Topliss-reactive ketones (excluding diaryl/α,β-unsaturated/α-hetero) is 1. The molecule has 4 aliphatic carbocycles. The summed E-state index contributed by atoms with van der Waals surface area (Å²) < 4.78 is 5.96. The second-order valence-corrected chi connectivity index (χ2v) is 11.6. The quantitative estimate of drug-likeness (QED) is 0.525. The Morgan fingerprint density at radius 3 is 2.32 bits per heavy atom. The van der Waals surface area contributed by atoms with Gasteiger partial charge in [-0.25, -0.2) is 4.79 Å². The van der Waals surface area contributed by atoms with E-state index in [0.717, 1.165) is 37.0 Å². The van der Waals surface area contributed by atoms with Gasteiger partial charge in [-0.1, -0.05) is 32.0 Å². The van der Waals surface area contributed by atoms with Crippen molar-refractivity contribution in [3.8, 4) is 0 Å². The van der Waals surface area contributed by atoms with Crippen molar-refractivity contribution in [1.82, 2.24) is 0 Å². The zero-order valence-electron chi connectivity index (χ0n) is 19.4. The van der Waals surface area contributed by atoms with E-state index >= 15 is 0 Å². The zero-order valence-corrected chi connectivity index (χ0v) is 19.4. The van der Waals surface area contributed by atoms with Crippen LogP contribution in [0.25, 0.3) is 0 Å². The van der Waals surface area contributed by atoms with Crippen LogP contribution in [0.3, 0.4) is 0 Å². The van der Waals surface area contributed by atoms with E-state index in [2.05, 4.69) is 13.8 Å². The Morgan fingerprint density at radius 2 is 1.58 bits per heavy atom. The minimum atomic E-state index is -0.169. The summed E-state index contributed by atoms with van der Waals surface area (Å²) in [5.74, 6) is 3.49. The molecule has 0 spiro atoms. The van der Waals surface area contributed by atoms with Crippen LogP contribution in [0.15, 0.2) is 30.3 Å². The Balaban J connectivity index is 1.28. The Morgan fingerprint density at radius 1 is 0.871 bits per heavy atom. The molecule has 0 N–H and O–H groups in total. The fourth-order valence-corrected chi connectivity index (χ4v) is 8.79. The standard InChI is InChI=1S/C28H38O3/c1-18(29)23-11-12-24-22-10-9-20-17-21(31-26(30)19-7-5-4-6-8-19)13-15-27(20,2)25(22)14-16-28(23,24)3/h4-8,20-25H,9-17H2,1-3H3/t20-,21+,22?,23+,24?,25?,27-,28?/m0/s1. The van der Waals surface area contributed by atoms with Crippen molar-refractivity contribution in [2.24, 2.45) is 40.4 Å². The summed E-state index contributed by atoms with van der Waals surface area (Å²) in [6.45, 7) is 6.80. The Kier molecular flexibility index (Phi) is 5.30. The lowest BCUT2D eigenvalue weighted by Gasteiger charge is -2.61. The van der Waals surface area contributed by atoms with Gasteiger partial charge in [-0.15, -0.1) is 0 Å². The van der Waals surface area contributed by atoms with Crippen LogP contribution >= 0.6 is 0 Å². The van der Waals surface area contributed by atoms with E-state index in [1.165, 1.54) is 38.5 Å². The van der Waals surface area contributed by atoms with Crippen molar-refractivity contribution in [3.05, 3.63) is 35.9 Å². The fourth-order valence-electron chi connectivity index (χ4n) is 8.79. The minimum Gasteiger partial charge on any atom is -0.459 e. The number of carbonyl (C=O) groups is 2. The number of carbonyl (C=O) groups excluding carboxylic acids is 2. The van der Waals surface area contributed by atoms with Gasteiger partial charge in [0.05, 0.1) is 5.56 Å². The summed E-state index contributed by atoms with van der Waals surface area (Å²) in [6.07, 6.45) is 10.7. The molecule has 4 fully saturated rings. The smallest absolute Gasteiger partial charge is 0.338 e. The fraction of sp³-hybridized carbons (Fsp3) is 0.714. The van der Waals surface area contributed by atoms with Gasteiger partial charge in [-0.3, -0.25) is 4.79 Å². The third-order valence-electron chi connectivity index (χ3n) is 10.4. The largest absolute Gasteiger partial charge is 0.459 e. The molecular weight excluding hydrogens is 384 g/mol. The molecule has 0 aliphatic heterocycles. The van der Waals surface area contributed by atoms with Gasteiger partial charge in [0.15, 0.2) is 0 Å². The van der Waals surface area contributed by atoms with Crippen LogP contribution in [0.1, 0.15) is 88.9 Å². The summed E-state index contributed by atoms with van der Waals surface area (Å²) in [7, 11) is 0. The zero-order chi connectivity index (χ0) is 21.8. The van der Waals surface area contributed by atoms with E-state index in [1.807, 2.05) is 37.3 Å². The average Bonchev–Trinajstić information content (AvgIpc) is 3.12. The molecule has 1 aromatic rings. The first-order chi connectivity index (χ1) is 14.8. The van der Waals surface area contributed by atoms with Crippen LogP contribution < -0.4 is 0 Å². The third-order valence-corrected chi connectivity index (χ3v) is 10.4. The maximum atomic E-state index is 12.6. The van der Waals surface area contributed by atoms with Crippen molar-refractivity contribution in [1.29, 1.82) is 0 Å². The molecule has 31 heavy (non-hydrogen) atoms. The van der Waals surface area contributed by atoms with Crippen molar-refractivity contribution < 1.29 is 14.3 Å². The van der Waals surface area contributed by atoms with Crippen molar-refractivity contribution in [2.45, 2.75) is 84.7 Å². The lowest BCUT2D eigenvalue weighted by atomic mass is 9.44. The Labute approximate surface area is 187 Å². The lowest BCUT2D eigenvalue weighted by Crippen LogP contribution is -2.54. The monoisotopic (exact) mass is 422 g/mol. The molecule has 8 atom stereocenters. The highest BCUT2D eigenvalue weighted by molar-refractivity contribution is 5.89. The number of hydrogen-bond acceptors (Lipinski definition) is 3. The third kappa shape index (κ3) is 3.38. The highest BCUT2D eigenvalue weighted by Crippen LogP contribution is 2.67. The second-order valence-electron chi connectivity index (χ2n) is 11.6. The van der Waals surface area contributed by atoms with Gasteiger partial charge in [0.2, 0.25) is 0 Å². The molecule has 3 heteroatoms. The van der Waals surface area contributed by atoms with Gasteiger partial charge >= 0.3 is 5.97 Å². The van der Waals surface area contributed by atoms with Gasteiger partial charge in [0.1, 0.15) is 11.9 Å². The molecule has 4 aliphatic rings. The first kappa shape index (κ1) is 21.2. The maximum absolute atomic E-state index is 12.6. The molecule has 0 amide bonds. The number of benzene rings is 1. The van der Waals surface area contributed by atoms with Gasteiger partial charge in [0.25, 0.3) is 0 Å². The predicted octanol–water partition coefficient (Wildman–Crippen LogP) is 6.46. The predicted molar refractivity (Wildman–Crippen MR) is 122 cm³/mol. The number of rotatable bonds is 3. The van der Waals surface area contributed by atoms with Gasteiger partial charge in [-0.05, 0) is 111 Å². The van der Waals surface area contributed by atoms with Gasteiger partial charge in [0, 0.05) is 5.92 Å². The molecule has 4 unspecified atom stereocenters. The van der Waals surface area contributed by atoms with Crippen LogP contribution in [0.2, 0.25) is 0 Å². The first-order valence-electron chi connectivity index (χ1n) is 12.6. The molecule has 0 aromatic heterocycles. The molecule has 0 radical (unpaired) electrons. The van der Waals surface area contributed by atoms with Crippen LogP contribution in [-0.2, 0) is 9.53 Å². The van der Waals surface area contributed by atoms with E-state index < -0.39 is 0 Å². The maximum Gasteiger partial charge on any atom is 0.338 e. The molecule has 5 rings (SSSR count). The number of esters is 1. The average molecular weight is 423 g/mol. The lowest BCUT2D eigenvalue weighted by molar-refractivity contribution is -0.138. The summed E-state index contributed by atoms with van der Waals surface area (Å²) in [5, 5.41) is 0. The molecule has 1 aromatic carbocycles. The number of ether oxygens (including phenoxy) is 1. The molecular formula is C28H38O3. The molecule has 0 heterocycles. The van der Waals surface area contributed by atoms with Crippen molar-refractivity contribution in [2.75, 3.05) is 0 Å². The van der Waals surface area contributed by atoms with E-state index in [-0.39, 0.29) is 23.4 Å². The molecule has 4 saturated carbocycles. The van der Waals surface area contributed by atoms with Crippen LogP contribution in [0.4, 0.5) is 0 Å². The molecule has 3 nitrogen and oxygen atoms in total. The van der Waals surface area contributed by atoms with E-state index in [0.29, 0.717) is 22.7 Å². The summed E-state index contributed by atoms with van der Waals surface area (Å²) in [6, 6.07) is 9.41. The van der Waals surface area contributed by atoms with Crippen LogP contribution in [-0.4, -0.2) is 17.9 Å². The summed E-state index contributed by atoms with van der Waals surface area (Å²) >= 11 is 0. The van der Waals surface area contributed by atoms with E-state index in [4.69, 9.17) is 4.74 Å². The summed E-state index contributed by atoms with van der Waals surface area (Å²) in [5.41, 5.74) is 1.26. The number of fused-ring (bicyclic) bond motifs is 5. The van der Waals surface area contributed by atoms with Gasteiger partial charge < -0.3 is 4.74 Å². The van der Waals surface area contributed by atoms with Crippen LogP contribution in [0, 0.1) is 40.4 Å². The number of ketones is 1. The van der Waals surface area contributed by atoms with E-state index in [1.54, 1.807) is 0 Å².